The van der Waals surface area contributed by atoms with Crippen LogP contribution in [-0.2, 0) is 11.2 Å². The molecule has 28 heavy (non-hydrogen) atoms. The number of aromatic nitrogens is 2. The van der Waals surface area contributed by atoms with Crippen molar-refractivity contribution < 1.29 is 4.79 Å². The number of hydrogen-bond acceptors (Lipinski definition) is 4. The van der Waals surface area contributed by atoms with E-state index in [0.29, 0.717) is 0 Å². The highest BCUT2D eigenvalue weighted by molar-refractivity contribution is 5.97. The first kappa shape index (κ1) is 17.2. The largest absolute Gasteiger partial charge is 0.355 e. The Morgan fingerprint density at radius 3 is 2.39 bits per heavy atom. The molecule has 142 valence electrons. The second-order valence-electron chi connectivity index (χ2n) is 7.75. The van der Waals surface area contributed by atoms with E-state index in [1.807, 2.05) is 42.2 Å². The first-order valence-corrected chi connectivity index (χ1v) is 10.1. The molecule has 2 aromatic carbocycles. The van der Waals surface area contributed by atoms with Gasteiger partial charge < -0.3 is 9.80 Å². The summed E-state index contributed by atoms with van der Waals surface area (Å²) >= 11 is 0. The number of hydrogen-bond donors (Lipinski definition) is 0. The van der Waals surface area contributed by atoms with E-state index in [1.165, 1.54) is 5.56 Å². The number of carbonyl (C=O) groups is 1. The minimum atomic E-state index is 0.0936. The quantitative estimate of drug-likeness (QED) is 0.688. The number of aryl methyl sites for hydroxylation is 1. The maximum atomic E-state index is 13.1. The van der Waals surface area contributed by atoms with Crippen LogP contribution < -0.4 is 9.80 Å². The zero-order valence-corrected chi connectivity index (χ0v) is 16.1. The fourth-order valence-electron chi connectivity index (χ4n) is 4.50. The molecule has 5 heteroatoms. The number of anilines is 2. The lowest BCUT2D eigenvalue weighted by Crippen LogP contribution is -2.42. The molecule has 1 amide bonds. The van der Waals surface area contributed by atoms with Crippen molar-refractivity contribution in [3.63, 3.8) is 0 Å². The van der Waals surface area contributed by atoms with Crippen molar-refractivity contribution in [3.05, 3.63) is 59.8 Å². The van der Waals surface area contributed by atoms with Gasteiger partial charge in [0.05, 0.1) is 16.7 Å². The van der Waals surface area contributed by atoms with E-state index in [1.54, 1.807) is 0 Å². The molecular formula is C23H24N4O. The smallest absolute Gasteiger partial charge is 0.230 e. The number of nitrogens with zero attached hydrogens (tertiary/aromatic N) is 4. The van der Waals surface area contributed by atoms with E-state index < -0.39 is 0 Å². The Kier molecular flexibility index (Phi) is 4.23. The summed E-state index contributed by atoms with van der Waals surface area (Å²) in [5.41, 5.74) is 5.20. The average molecular weight is 372 g/mol. The highest BCUT2D eigenvalue weighted by atomic mass is 16.2. The molecule has 0 bridgehead atoms. The predicted octanol–water partition coefficient (Wildman–Crippen LogP) is 3.74. The number of amides is 1. The second kappa shape index (κ2) is 6.89. The Morgan fingerprint density at radius 2 is 1.61 bits per heavy atom. The third-order valence-corrected chi connectivity index (χ3v) is 6.02. The summed E-state index contributed by atoms with van der Waals surface area (Å²) in [6.07, 6.45) is 2.70. The molecular weight excluding hydrogens is 348 g/mol. The first-order chi connectivity index (χ1) is 13.7. The lowest BCUT2D eigenvalue weighted by molar-refractivity contribution is -0.122. The molecule has 0 saturated carbocycles. The van der Waals surface area contributed by atoms with E-state index in [-0.39, 0.29) is 11.8 Å². The van der Waals surface area contributed by atoms with Gasteiger partial charge in [0, 0.05) is 31.2 Å². The van der Waals surface area contributed by atoms with Gasteiger partial charge in [0.2, 0.25) is 5.91 Å². The highest BCUT2D eigenvalue weighted by Crippen LogP contribution is 2.32. The van der Waals surface area contributed by atoms with Gasteiger partial charge in [0.15, 0.2) is 5.82 Å². The second-order valence-corrected chi connectivity index (χ2v) is 7.75. The molecule has 5 rings (SSSR count). The molecule has 2 aliphatic heterocycles. The van der Waals surface area contributed by atoms with Crippen LogP contribution >= 0.6 is 0 Å². The fraction of sp³-hybridized carbons (Fsp3) is 0.348. The maximum Gasteiger partial charge on any atom is 0.230 e. The lowest BCUT2D eigenvalue weighted by atomic mass is 9.95. The maximum absolute atomic E-state index is 13.1. The monoisotopic (exact) mass is 372 g/mol. The molecule has 1 saturated heterocycles. The molecule has 0 aliphatic carbocycles. The van der Waals surface area contributed by atoms with Gasteiger partial charge in [-0.05, 0) is 49.9 Å². The Balaban J connectivity index is 1.31. The van der Waals surface area contributed by atoms with Crippen LogP contribution in [0, 0.1) is 12.8 Å². The topological polar surface area (TPSA) is 49.3 Å². The van der Waals surface area contributed by atoms with Crippen molar-refractivity contribution in [1.82, 2.24) is 9.97 Å². The van der Waals surface area contributed by atoms with Crippen LogP contribution in [0.15, 0.2) is 48.5 Å². The van der Waals surface area contributed by atoms with Gasteiger partial charge in [-0.2, -0.15) is 0 Å². The summed E-state index contributed by atoms with van der Waals surface area (Å²) in [6, 6.07) is 16.3. The minimum absolute atomic E-state index is 0.0936. The summed E-state index contributed by atoms with van der Waals surface area (Å²) in [6.45, 7) is 4.53. The molecule has 2 aliphatic rings. The van der Waals surface area contributed by atoms with Crippen LogP contribution in [0.1, 0.15) is 24.1 Å². The van der Waals surface area contributed by atoms with Crippen molar-refractivity contribution in [2.75, 3.05) is 29.4 Å². The van der Waals surface area contributed by atoms with Gasteiger partial charge in [-0.3, -0.25) is 4.79 Å². The molecule has 1 aromatic heterocycles. The van der Waals surface area contributed by atoms with E-state index in [9.17, 15) is 4.79 Å². The number of benzene rings is 2. The van der Waals surface area contributed by atoms with Crippen molar-refractivity contribution in [1.29, 1.82) is 0 Å². The number of para-hydroxylation sites is 3. The third-order valence-electron chi connectivity index (χ3n) is 6.02. The molecule has 5 nitrogen and oxygen atoms in total. The minimum Gasteiger partial charge on any atom is -0.355 e. The number of rotatable bonds is 2. The van der Waals surface area contributed by atoms with Crippen LogP contribution in [0.3, 0.4) is 0 Å². The number of carbonyl (C=O) groups excluding carboxylic acids is 1. The van der Waals surface area contributed by atoms with Crippen LogP contribution in [-0.4, -0.2) is 35.5 Å². The molecule has 3 aromatic rings. The fourth-order valence-corrected chi connectivity index (χ4v) is 4.50. The molecule has 1 fully saturated rings. The Morgan fingerprint density at radius 1 is 0.929 bits per heavy atom. The Bertz CT molecular complexity index is 1040. The molecule has 0 N–H and O–H groups in total. The van der Waals surface area contributed by atoms with Crippen molar-refractivity contribution in [2.24, 2.45) is 5.92 Å². The van der Waals surface area contributed by atoms with E-state index in [2.05, 4.69) is 23.1 Å². The molecule has 0 spiro atoms. The summed E-state index contributed by atoms with van der Waals surface area (Å²) in [5.74, 6) is 1.33. The highest BCUT2D eigenvalue weighted by Gasteiger charge is 2.33. The number of fused-ring (bicyclic) bond motifs is 2. The summed E-state index contributed by atoms with van der Waals surface area (Å²) in [7, 11) is 0. The van der Waals surface area contributed by atoms with Gasteiger partial charge >= 0.3 is 0 Å². The number of piperidine rings is 1. The third kappa shape index (κ3) is 2.91. The standard InChI is InChI=1S/C23H24N4O/c1-16-22(25-20-8-4-3-7-19(20)24-16)26-13-10-18(11-14-26)23(28)27-15-12-17-6-2-5-9-21(17)27/h2-9,18H,10-15H2,1H3. The van der Waals surface area contributed by atoms with Crippen molar-refractivity contribution >= 4 is 28.4 Å². The summed E-state index contributed by atoms with van der Waals surface area (Å²) in [4.78, 5) is 27.0. The lowest BCUT2D eigenvalue weighted by Gasteiger charge is -2.34. The Labute approximate surface area is 165 Å². The zero-order chi connectivity index (χ0) is 19.1. The van der Waals surface area contributed by atoms with Crippen LogP contribution in [0.4, 0.5) is 11.5 Å². The van der Waals surface area contributed by atoms with Crippen LogP contribution in [0.2, 0.25) is 0 Å². The summed E-state index contributed by atoms with van der Waals surface area (Å²) < 4.78 is 0. The predicted molar refractivity (Wildman–Crippen MR) is 112 cm³/mol. The van der Waals surface area contributed by atoms with Crippen LogP contribution in [0.25, 0.3) is 11.0 Å². The van der Waals surface area contributed by atoms with E-state index in [4.69, 9.17) is 9.97 Å². The zero-order valence-electron chi connectivity index (χ0n) is 16.1. The molecule has 0 radical (unpaired) electrons. The Hall–Kier alpha value is -2.95. The summed E-state index contributed by atoms with van der Waals surface area (Å²) in [5, 5.41) is 0. The van der Waals surface area contributed by atoms with Gasteiger partial charge in [0.25, 0.3) is 0 Å². The van der Waals surface area contributed by atoms with Gasteiger partial charge in [-0.15, -0.1) is 0 Å². The van der Waals surface area contributed by atoms with Crippen molar-refractivity contribution in [3.8, 4) is 0 Å². The molecule has 3 heterocycles. The first-order valence-electron chi connectivity index (χ1n) is 10.1. The van der Waals surface area contributed by atoms with Crippen LogP contribution in [0.5, 0.6) is 0 Å². The molecule has 0 unspecified atom stereocenters. The molecule has 0 atom stereocenters. The van der Waals surface area contributed by atoms with Gasteiger partial charge in [-0.25, -0.2) is 9.97 Å². The van der Waals surface area contributed by atoms with E-state index >= 15 is 0 Å². The van der Waals surface area contributed by atoms with E-state index in [0.717, 1.165) is 67.1 Å². The normalized spacial score (nSPS) is 17.2. The average Bonchev–Trinajstić information content (AvgIpc) is 3.17. The van der Waals surface area contributed by atoms with Crippen molar-refractivity contribution in [2.45, 2.75) is 26.2 Å². The van der Waals surface area contributed by atoms with Gasteiger partial charge in [0.1, 0.15) is 0 Å². The SMILES string of the molecule is Cc1nc2ccccc2nc1N1CCC(C(=O)N2CCc3ccccc32)CC1. The van der Waals surface area contributed by atoms with Gasteiger partial charge in [-0.1, -0.05) is 30.3 Å².